The third-order valence-corrected chi connectivity index (χ3v) is 4.01. The van der Waals surface area contributed by atoms with E-state index in [1.54, 1.807) is 30.1 Å². The molecular weight excluding hydrogens is 383 g/mol. The van der Waals surface area contributed by atoms with E-state index in [4.69, 9.17) is 0 Å². The maximum Gasteiger partial charge on any atom is 0.451 e. The molecule has 0 unspecified atom stereocenters. The fourth-order valence-electron chi connectivity index (χ4n) is 2.43. The van der Waals surface area contributed by atoms with Crippen LogP contribution in [-0.4, -0.2) is 17.0 Å². The molecule has 0 saturated heterocycles. The van der Waals surface area contributed by atoms with Crippen molar-refractivity contribution in [3.05, 3.63) is 64.4 Å². The van der Waals surface area contributed by atoms with Crippen molar-refractivity contribution in [2.75, 3.05) is 11.9 Å². The van der Waals surface area contributed by atoms with Crippen molar-refractivity contribution in [2.45, 2.75) is 12.7 Å². The van der Waals surface area contributed by atoms with Crippen molar-refractivity contribution in [3.63, 3.8) is 0 Å². The van der Waals surface area contributed by atoms with Crippen LogP contribution in [0.15, 0.2) is 53.0 Å². The molecule has 0 radical (unpaired) electrons. The zero-order valence-corrected chi connectivity index (χ0v) is 14.3. The zero-order chi connectivity index (χ0) is 17.3. The first-order chi connectivity index (χ1) is 11.3. The minimum absolute atomic E-state index is 0.248. The first-order valence-corrected chi connectivity index (χ1v) is 7.93. The Morgan fingerprint density at radius 2 is 1.75 bits per heavy atom. The second-order valence-corrected chi connectivity index (χ2v) is 6.29. The zero-order valence-electron chi connectivity index (χ0n) is 12.7. The molecule has 3 nitrogen and oxygen atoms in total. The van der Waals surface area contributed by atoms with Gasteiger partial charge in [0.2, 0.25) is 5.82 Å². The Bertz CT molecular complexity index is 866. The summed E-state index contributed by atoms with van der Waals surface area (Å²) in [5.74, 6) is -0.885. The smallest absolute Gasteiger partial charge is 0.355 e. The molecule has 0 spiro atoms. The van der Waals surface area contributed by atoms with Gasteiger partial charge in [-0.15, -0.1) is 0 Å². The molecule has 0 atom stereocenters. The van der Waals surface area contributed by atoms with Gasteiger partial charge < -0.3 is 4.90 Å². The second-order valence-electron chi connectivity index (χ2n) is 5.37. The van der Waals surface area contributed by atoms with Crippen LogP contribution in [0.25, 0.3) is 10.9 Å². The predicted molar refractivity (Wildman–Crippen MR) is 90.8 cm³/mol. The van der Waals surface area contributed by atoms with E-state index in [0.29, 0.717) is 11.9 Å². The van der Waals surface area contributed by atoms with Crippen LogP contribution in [0.3, 0.4) is 0 Å². The SMILES string of the molecule is CN(Cc1ccccc1)c1nc(C(F)(F)F)nc2ccc(Br)cc12. The molecular formula is C17H13BrF3N3. The van der Waals surface area contributed by atoms with E-state index in [1.165, 1.54) is 0 Å². The summed E-state index contributed by atoms with van der Waals surface area (Å²) in [4.78, 5) is 9.13. The largest absolute Gasteiger partial charge is 0.451 e. The van der Waals surface area contributed by atoms with Crippen molar-refractivity contribution in [2.24, 2.45) is 0 Å². The highest BCUT2D eigenvalue weighted by atomic mass is 79.9. The van der Waals surface area contributed by atoms with Gasteiger partial charge in [-0.1, -0.05) is 46.3 Å². The third-order valence-electron chi connectivity index (χ3n) is 3.52. The summed E-state index contributed by atoms with van der Waals surface area (Å²) in [6.45, 7) is 0.441. The summed E-state index contributed by atoms with van der Waals surface area (Å²) in [5, 5.41) is 0.566. The first kappa shape index (κ1) is 16.7. The number of nitrogens with zero attached hydrogens (tertiary/aromatic N) is 3. The summed E-state index contributed by atoms with van der Waals surface area (Å²) >= 11 is 3.34. The van der Waals surface area contributed by atoms with Crippen molar-refractivity contribution < 1.29 is 13.2 Å². The Hall–Kier alpha value is -2.15. The van der Waals surface area contributed by atoms with Gasteiger partial charge in [-0.2, -0.15) is 13.2 Å². The molecule has 0 N–H and O–H groups in total. The van der Waals surface area contributed by atoms with Gasteiger partial charge in [0.1, 0.15) is 5.82 Å². The van der Waals surface area contributed by atoms with Crippen LogP contribution < -0.4 is 4.90 Å². The second kappa shape index (κ2) is 6.39. The molecule has 7 heteroatoms. The molecule has 0 bridgehead atoms. The third kappa shape index (κ3) is 3.51. The highest BCUT2D eigenvalue weighted by molar-refractivity contribution is 9.10. The van der Waals surface area contributed by atoms with E-state index < -0.39 is 12.0 Å². The van der Waals surface area contributed by atoms with Crippen LogP contribution in [0.4, 0.5) is 19.0 Å². The van der Waals surface area contributed by atoms with Crippen molar-refractivity contribution in [3.8, 4) is 0 Å². The van der Waals surface area contributed by atoms with Crippen molar-refractivity contribution in [1.82, 2.24) is 9.97 Å². The molecule has 3 rings (SSSR count). The van der Waals surface area contributed by atoms with Crippen LogP contribution in [0, 0.1) is 0 Å². The fourth-order valence-corrected chi connectivity index (χ4v) is 2.80. The molecule has 0 aliphatic rings. The molecule has 124 valence electrons. The molecule has 1 heterocycles. The predicted octanol–water partition coefficient (Wildman–Crippen LogP) is 5.05. The monoisotopic (exact) mass is 395 g/mol. The standard InChI is InChI=1S/C17H13BrF3N3/c1-24(10-11-5-3-2-4-6-11)15-13-9-12(18)7-8-14(13)22-16(23-15)17(19,20)21/h2-9H,10H2,1H3. The topological polar surface area (TPSA) is 29.0 Å². The van der Waals surface area contributed by atoms with E-state index in [0.717, 1.165) is 10.0 Å². The summed E-state index contributed by atoms with van der Waals surface area (Å²) in [6.07, 6.45) is -4.59. The van der Waals surface area contributed by atoms with Crippen molar-refractivity contribution >= 4 is 32.7 Å². The molecule has 0 saturated carbocycles. The van der Waals surface area contributed by atoms with E-state index in [2.05, 4.69) is 25.9 Å². The minimum Gasteiger partial charge on any atom is -0.355 e. The van der Waals surface area contributed by atoms with Gasteiger partial charge in [0.25, 0.3) is 0 Å². The Balaban J connectivity index is 2.11. The fraction of sp³-hybridized carbons (Fsp3) is 0.176. The first-order valence-electron chi connectivity index (χ1n) is 7.14. The van der Waals surface area contributed by atoms with E-state index >= 15 is 0 Å². The number of fused-ring (bicyclic) bond motifs is 1. The minimum atomic E-state index is -4.59. The van der Waals surface area contributed by atoms with Gasteiger partial charge in [-0.05, 0) is 23.8 Å². The lowest BCUT2D eigenvalue weighted by atomic mass is 10.2. The average Bonchev–Trinajstić information content (AvgIpc) is 2.53. The summed E-state index contributed by atoms with van der Waals surface area (Å²) in [6, 6.07) is 14.4. The molecule has 2 aromatic carbocycles. The maximum absolute atomic E-state index is 13.1. The lowest BCUT2D eigenvalue weighted by Gasteiger charge is -2.21. The lowest BCUT2D eigenvalue weighted by molar-refractivity contribution is -0.144. The van der Waals surface area contributed by atoms with Gasteiger partial charge >= 0.3 is 6.18 Å². The lowest BCUT2D eigenvalue weighted by Crippen LogP contribution is -2.21. The number of rotatable bonds is 3. The molecule has 0 aliphatic heterocycles. The molecule has 0 aliphatic carbocycles. The number of halogens is 4. The van der Waals surface area contributed by atoms with Gasteiger partial charge in [-0.3, -0.25) is 0 Å². The average molecular weight is 396 g/mol. The number of hydrogen-bond acceptors (Lipinski definition) is 3. The molecule has 0 amide bonds. The quantitative estimate of drug-likeness (QED) is 0.621. The van der Waals surface area contributed by atoms with Gasteiger partial charge in [-0.25, -0.2) is 9.97 Å². The van der Waals surface area contributed by atoms with E-state index in [-0.39, 0.29) is 11.3 Å². The molecule has 1 aromatic heterocycles. The van der Waals surface area contributed by atoms with Gasteiger partial charge in [0.15, 0.2) is 0 Å². The van der Waals surface area contributed by atoms with Crippen LogP contribution >= 0.6 is 15.9 Å². The van der Waals surface area contributed by atoms with E-state index in [1.807, 2.05) is 30.3 Å². The highest BCUT2D eigenvalue weighted by Crippen LogP contribution is 2.33. The van der Waals surface area contributed by atoms with Gasteiger partial charge in [0.05, 0.1) is 5.52 Å². The molecule has 24 heavy (non-hydrogen) atoms. The van der Waals surface area contributed by atoms with E-state index in [9.17, 15) is 13.2 Å². The number of benzene rings is 2. The number of hydrogen-bond donors (Lipinski definition) is 0. The van der Waals surface area contributed by atoms with Crippen LogP contribution in [-0.2, 0) is 12.7 Å². The summed E-state index contributed by atoms with van der Waals surface area (Å²) in [5.41, 5.74) is 1.24. The Kier molecular flexibility index (Phi) is 4.45. The van der Waals surface area contributed by atoms with Crippen LogP contribution in [0.1, 0.15) is 11.4 Å². The normalized spacial score (nSPS) is 11.7. The number of alkyl halides is 3. The van der Waals surface area contributed by atoms with Crippen molar-refractivity contribution in [1.29, 1.82) is 0 Å². The molecule has 3 aromatic rings. The molecule has 0 fully saturated rings. The Morgan fingerprint density at radius 3 is 2.42 bits per heavy atom. The maximum atomic E-state index is 13.1. The van der Waals surface area contributed by atoms with Crippen LogP contribution in [0.5, 0.6) is 0 Å². The van der Waals surface area contributed by atoms with Gasteiger partial charge in [0, 0.05) is 23.5 Å². The number of anilines is 1. The highest BCUT2D eigenvalue weighted by Gasteiger charge is 2.36. The summed E-state index contributed by atoms with van der Waals surface area (Å²) in [7, 11) is 1.72. The Morgan fingerprint density at radius 1 is 1.04 bits per heavy atom. The van der Waals surface area contributed by atoms with Crippen LogP contribution in [0.2, 0.25) is 0 Å². The Labute approximate surface area is 145 Å². The number of aromatic nitrogens is 2. The summed E-state index contributed by atoms with van der Waals surface area (Å²) < 4.78 is 40.1.